The van der Waals surface area contributed by atoms with Gasteiger partial charge in [0.1, 0.15) is 11.7 Å². The van der Waals surface area contributed by atoms with Crippen LogP contribution in [0.2, 0.25) is 0 Å². The molecular weight excluding hydrogens is 209 g/mol. The van der Waals surface area contributed by atoms with Crippen molar-refractivity contribution in [2.24, 2.45) is 5.73 Å². The van der Waals surface area contributed by atoms with Gasteiger partial charge in [0.15, 0.2) is 0 Å². The quantitative estimate of drug-likeness (QED) is 0.527. The van der Waals surface area contributed by atoms with Gasteiger partial charge in [0.2, 0.25) is 0 Å². The Balaban J connectivity index is 3.07. The molecule has 0 amide bonds. The van der Waals surface area contributed by atoms with Crippen LogP contribution in [0.15, 0.2) is 18.2 Å². The van der Waals surface area contributed by atoms with E-state index in [1.54, 1.807) is 24.9 Å². The first-order valence-corrected chi connectivity index (χ1v) is 4.95. The SMILES string of the molecule is CC(O)CN(C)c1ccc(F)cc1C(=N)N. The molecule has 1 unspecified atom stereocenters. The van der Waals surface area contributed by atoms with Crippen LogP contribution in [0, 0.1) is 11.2 Å². The maximum absolute atomic E-state index is 13.0. The molecule has 0 saturated carbocycles. The monoisotopic (exact) mass is 225 g/mol. The summed E-state index contributed by atoms with van der Waals surface area (Å²) >= 11 is 0. The molecule has 0 bridgehead atoms. The van der Waals surface area contributed by atoms with Gasteiger partial charge in [-0.2, -0.15) is 0 Å². The summed E-state index contributed by atoms with van der Waals surface area (Å²) in [6, 6.07) is 4.07. The fourth-order valence-corrected chi connectivity index (χ4v) is 1.55. The third-order valence-electron chi connectivity index (χ3n) is 2.20. The van der Waals surface area contributed by atoms with Gasteiger partial charge in [-0.1, -0.05) is 0 Å². The molecule has 88 valence electrons. The van der Waals surface area contributed by atoms with E-state index in [-0.39, 0.29) is 5.84 Å². The lowest BCUT2D eigenvalue weighted by atomic mass is 10.1. The summed E-state index contributed by atoms with van der Waals surface area (Å²) in [5, 5.41) is 16.6. The molecule has 0 heterocycles. The van der Waals surface area contributed by atoms with Gasteiger partial charge in [-0.25, -0.2) is 4.39 Å². The third-order valence-corrected chi connectivity index (χ3v) is 2.20. The second kappa shape index (κ2) is 4.94. The number of aliphatic hydroxyl groups excluding tert-OH is 1. The molecular formula is C11H16FN3O. The highest BCUT2D eigenvalue weighted by Crippen LogP contribution is 2.20. The van der Waals surface area contributed by atoms with Crippen LogP contribution in [0.3, 0.4) is 0 Å². The molecule has 1 aromatic carbocycles. The second-order valence-electron chi connectivity index (χ2n) is 3.80. The number of nitrogens with one attached hydrogen (secondary N) is 1. The van der Waals surface area contributed by atoms with Crippen molar-refractivity contribution >= 4 is 11.5 Å². The highest BCUT2D eigenvalue weighted by Gasteiger charge is 2.12. The van der Waals surface area contributed by atoms with Gasteiger partial charge in [-0.15, -0.1) is 0 Å². The number of nitrogens with two attached hydrogens (primary N) is 1. The lowest BCUT2D eigenvalue weighted by Crippen LogP contribution is -2.29. The normalized spacial score (nSPS) is 12.2. The molecule has 5 heteroatoms. The minimum absolute atomic E-state index is 0.188. The van der Waals surface area contributed by atoms with Gasteiger partial charge in [0, 0.05) is 24.8 Å². The van der Waals surface area contributed by atoms with Crippen molar-refractivity contribution in [2.45, 2.75) is 13.0 Å². The molecule has 1 rings (SSSR count). The van der Waals surface area contributed by atoms with Crippen LogP contribution in [-0.4, -0.2) is 30.6 Å². The van der Waals surface area contributed by atoms with Crippen LogP contribution in [-0.2, 0) is 0 Å². The van der Waals surface area contributed by atoms with Gasteiger partial charge in [-0.05, 0) is 25.1 Å². The Morgan fingerprint density at radius 3 is 2.75 bits per heavy atom. The standard InChI is InChI=1S/C11H16FN3O/c1-7(16)6-15(2)10-4-3-8(12)5-9(10)11(13)14/h3-5,7,16H,6H2,1-2H3,(H3,13,14). The Kier molecular flexibility index (Phi) is 3.84. The fraction of sp³-hybridized carbons (Fsp3) is 0.364. The Labute approximate surface area is 94.0 Å². The van der Waals surface area contributed by atoms with Crippen molar-refractivity contribution in [3.05, 3.63) is 29.6 Å². The summed E-state index contributed by atoms with van der Waals surface area (Å²) in [5.41, 5.74) is 6.35. The minimum Gasteiger partial charge on any atom is -0.392 e. The zero-order valence-electron chi connectivity index (χ0n) is 9.37. The first kappa shape index (κ1) is 12.4. The van der Waals surface area contributed by atoms with Crippen molar-refractivity contribution < 1.29 is 9.50 Å². The number of nitrogen functional groups attached to an aromatic ring is 1. The number of hydrogen-bond acceptors (Lipinski definition) is 3. The number of aliphatic hydroxyl groups is 1. The van der Waals surface area contributed by atoms with E-state index in [4.69, 9.17) is 11.1 Å². The van der Waals surface area contributed by atoms with E-state index < -0.39 is 11.9 Å². The molecule has 16 heavy (non-hydrogen) atoms. The van der Waals surface area contributed by atoms with Crippen molar-refractivity contribution in [3.63, 3.8) is 0 Å². The fourth-order valence-electron chi connectivity index (χ4n) is 1.55. The first-order chi connectivity index (χ1) is 7.41. The van der Waals surface area contributed by atoms with Gasteiger partial charge >= 0.3 is 0 Å². The molecule has 1 aromatic rings. The maximum atomic E-state index is 13.0. The molecule has 4 N–H and O–H groups in total. The highest BCUT2D eigenvalue weighted by atomic mass is 19.1. The van der Waals surface area contributed by atoms with E-state index in [1.165, 1.54) is 12.1 Å². The van der Waals surface area contributed by atoms with Gasteiger partial charge in [0.25, 0.3) is 0 Å². The number of nitrogens with zero attached hydrogens (tertiary/aromatic N) is 1. The molecule has 1 atom stereocenters. The number of rotatable bonds is 4. The molecule has 0 aliphatic rings. The average molecular weight is 225 g/mol. The summed E-state index contributed by atoms with van der Waals surface area (Å²) in [6.07, 6.45) is -0.505. The van der Waals surface area contributed by atoms with E-state index in [1.807, 2.05) is 0 Å². The summed E-state index contributed by atoms with van der Waals surface area (Å²) in [7, 11) is 1.76. The van der Waals surface area contributed by atoms with Crippen LogP contribution in [0.25, 0.3) is 0 Å². The number of benzene rings is 1. The topological polar surface area (TPSA) is 73.3 Å². The van der Waals surface area contributed by atoms with Gasteiger partial charge in [0.05, 0.1) is 6.10 Å². The molecule has 4 nitrogen and oxygen atoms in total. The number of halogens is 1. The number of anilines is 1. The molecule has 0 fully saturated rings. The maximum Gasteiger partial charge on any atom is 0.125 e. The Hall–Kier alpha value is -1.62. The molecule has 0 aliphatic heterocycles. The van der Waals surface area contributed by atoms with Crippen molar-refractivity contribution in [1.29, 1.82) is 5.41 Å². The minimum atomic E-state index is -0.505. The summed E-state index contributed by atoms with van der Waals surface area (Å²) in [5.74, 6) is -0.619. The van der Waals surface area contributed by atoms with Crippen molar-refractivity contribution in [1.82, 2.24) is 0 Å². The number of likely N-dealkylation sites (N-methyl/N-ethyl adjacent to an activating group) is 1. The second-order valence-corrected chi connectivity index (χ2v) is 3.80. The Bertz CT molecular complexity index is 393. The largest absolute Gasteiger partial charge is 0.392 e. The highest BCUT2D eigenvalue weighted by molar-refractivity contribution is 6.00. The Morgan fingerprint density at radius 1 is 1.62 bits per heavy atom. The molecule has 0 spiro atoms. The van der Waals surface area contributed by atoms with E-state index in [2.05, 4.69) is 0 Å². The predicted octanol–water partition coefficient (Wildman–Crippen LogP) is 0.927. The third kappa shape index (κ3) is 2.93. The summed E-state index contributed by atoms with van der Waals surface area (Å²) in [6.45, 7) is 2.05. The van der Waals surface area contributed by atoms with Crippen LogP contribution in [0.1, 0.15) is 12.5 Å². The average Bonchev–Trinajstić information content (AvgIpc) is 2.16. The van der Waals surface area contributed by atoms with E-state index in [9.17, 15) is 9.50 Å². The predicted molar refractivity (Wildman–Crippen MR) is 62.4 cm³/mol. The summed E-state index contributed by atoms with van der Waals surface area (Å²) in [4.78, 5) is 1.74. The van der Waals surface area contributed by atoms with Crippen molar-refractivity contribution in [2.75, 3.05) is 18.5 Å². The first-order valence-electron chi connectivity index (χ1n) is 4.95. The zero-order valence-corrected chi connectivity index (χ0v) is 9.37. The number of amidine groups is 1. The molecule has 0 aliphatic carbocycles. The summed E-state index contributed by atoms with van der Waals surface area (Å²) < 4.78 is 13.0. The van der Waals surface area contributed by atoms with Gasteiger partial charge in [-0.3, -0.25) is 5.41 Å². The lowest BCUT2D eigenvalue weighted by Gasteiger charge is -2.23. The van der Waals surface area contributed by atoms with Crippen molar-refractivity contribution in [3.8, 4) is 0 Å². The molecule has 0 aromatic heterocycles. The molecule has 0 radical (unpaired) electrons. The Morgan fingerprint density at radius 2 is 2.25 bits per heavy atom. The smallest absolute Gasteiger partial charge is 0.125 e. The van der Waals surface area contributed by atoms with Gasteiger partial charge < -0.3 is 15.7 Å². The van der Waals surface area contributed by atoms with Crippen LogP contribution >= 0.6 is 0 Å². The van der Waals surface area contributed by atoms with E-state index >= 15 is 0 Å². The van der Waals surface area contributed by atoms with Crippen LogP contribution in [0.5, 0.6) is 0 Å². The van der Waals surface area contributed by atoms with E-state index in [0.29, 0.717) is 17.8 Å². The van der Waals surface area contributed by atoms with Crippen LogP contribution in [0.4, 0.5) is 10.1 Å². The van der Waals surface area contributed by atoms with Crippen LogP contribution < -0.4 is 10.6 Å². The van der Waals surface area contributed by atoms with E-state index in [0.717, 1.165) is 0 Å². The zero-order chi connectivity index (χ0) is 12.3. The molecule has 0 saturated heterocycles. The lowest BCUT2D eigenvalue weighted by molar-refractivity contribution is 0.201. The number of hydrogen-bond donors (Lipinski definition) is 3.